The van der Waals surface area contributed by atoms with E-state index >= 15 is 0 Å². The van der Waals surface area contributed by atoms with Crippen molar-refractivity contribution in [1.82, 2.24) is 0 Å². The third-order valence-electron chi connectivity index (χ3n) is 5.93. The van der Waals surface area contributed by atoms with Gasteiger partial charge in [-0.25, -0.2) is 17.2 Å². The Bertz CT molecular complexity index is 1680. The van der Waals surface area contributed by atoms with Crippen LogP contribution < -0.4 is 10.6 Å². The zero-order valence-corrected chi connectivity index (χ0v) is 20.6. The van der Waals surface area contributed by atoms with Gasteiger partial charge in [0.05, 0.1) is 22.0 Å². The molecule has 4 aromatic rings. The van der Waals surface area contributed by atoms with Crippen molar-refractivity contribution in [2.45, 2.75) is 10.6 Å². The lowest BCUT2D eigenvalue weighted by Crippen LogP contribution is -2.21. The zero-order valence-electron chi connectivity index (χ0n) is 19.7. The third kappa shape index (κ3) is 5.09. The molecule has 0 aliphatic carbocycles. The zero-order chi connectivity index (χ0) is 26.9. The molecule has 1 aliphatic rings. The summed E-state index contributed by atoms with van der Waals surface area (Å²) in [6, 6.07) is 23.4. The van der Waals surface area contributed by atoms with E-state index in [2.05, 4.69) is 10.6 Å². The third-order valence-corrected chi connectivity index (χ3v) is 7.62. The Morgan fingerprint density at radius 3 is 1.89 bits per heavy atom. The minimum Gasteiger partial charge on any atom is -0.339 e. The molecule has 1 heterocycles. The SMILES string of the molecule is O=C(/C(C(=O)c1cc(F)cc(F)c1)=C1\Nc2ccc(S(=O)(=O)Cc3ccccc3)cc2N1)c1ccccc1. The maximum absolute atomic E-state index is 13.9. The van der Waals surface area contributed by atoms with Crippen LogP contribution in [0.2, 0.25) is 0 Å². The molecule has 9 heteroatoms. The lowest BCUT2D eigenvalue weighted by atomic mass is 9.95. The van der Waals surface area contributed by atoms with Crippen molar-refractivity contribution in [2.75, 3.05) is 10.6 Å². The molecule has 5 rings (SSSR count). The summed E-state index contributed by atoms with van der Waals surface area (Å²) in [5.41, 5.74) is 0.835. The number of Topliss-reactive ketones (excluding diaryl/α,β-unsaturated/α-hetero) is 2. The van der Waals surface area contributed by atoms with Crippen LogP contribution in [-0.2, 0) is 15.6 Å². The summed E-state index contributed by atoms with van der Waals surface area (Å²) in [7, 11) is -3.70. The normalized spacial score (nSPS) is 13.7. The summed E-state index contributed by atoms with van der Waals surface area (Å²) in [4.78, 5) is 26.9. The molecule has 0 saturated carbocycles. The monoisotopic (exact) mass is 530 g/mol. The summed E-state index contributed by atoms with van der Waals surface area (Å²) in [5, 5.41) is 5.85. The van der Waals surface area contributed by atoms with Gasteiger partial charge in [-0.05, 0) is 35.9 Å². The van der Waals surface area contributed by atoms with Crippen LogP contribution in [0.4, 0.5) is 20.2 Å². The van der Waals surface area contributed by atoms with Crippen molar-refractivity contribution in [2.24, 2.45) is 0 Å². The van der Waals surface area contributed by atoms with Gasteiger partial charge in [0.1, 0.15) is 23.0 Å². The number of ketones is 2. The molecule has 2 N–H and O–H groups in total. The fraction of sp³-hybridized carbons (Fsp3) is 0.0345. The number of halogens is 2. The summed E-state index contributed by atoms with van der Waals surface area (Å²) < 4.78 is 53.9. The number of anilines is 2. The largest absolute Gasteiger partial charge is 0.339 e. The lowest BCUT2D eigenvalue weighted by Gasteiger charge is -2.11. The maximum Gasteiger partial charge on any atom is 0.200 e. The summed E-state index contributed by atoms with van der Waals surface area (Å²) in [5.74, 6) is -3.75. The van der Waals surface area contributed by atoms with Gasteiger partial charge in [-0.3, -0.25) is 9.59 Å². The molecule has 0 aromatic heterocycles. The molecule has 1 aliphatic heterocycles. The molecular weight excluding hydrogens is 510 g/mol. The number of carbonyl (C=O) groups excluding carboxylic acids is 2. The van der Waals surface area contributed by atoms with Crippen molar-refractivity contribution in [1.29, 1.82) is 0 Å². The molecule has 38 heavy (non-hydrogen) atoms. The number of hydrogen-bond donors (Lipinski definition) is 2. The molecule has 0 spiro atoms. The highest BCUT2D eigenvalue weighted by molar-refractivity contribution is 7.90. The summed E-state index contributed by atoms with van der Waals surface area (Å²) in [6.45, 7) is 0. The lowest BCUT2D eigenvalue weighted by molar-refractivity contribution is 0.0960. The van der Waals surface area contributed by atoms with E-state index in [1.54, 1.807) is 48.5 Å². The first-order valence-corrected chi connectivity index (χ1v) is 13.2. The molecule has 0 unspecified atom stereocenters. The highest BCUT2D eigenvalue weighted by Gasteiger charge is 2.30. The minimum absolute atomic E-state index is 0.0267. The predicted octanol–water partition coefficient (Wildman–Crippen LogP) is 5.75. The van der Waals surface area contributed by atoms with Gasteiger partial charge in [-0.2, -0.15) is 0 Å². The Morgan fingerprint density at radius 1 is 0.658 bits per heavy atom. The van der Waals surface area contributed by atoms with E-state index in [9.17, 15) is 26.8 Å². The van der Waals surface area contributed by atoms with Gasteiger partial charge in [-0.15, -0.1) is 0 Å². The molecule has 6 nitrogen and oxygen atoms in total. The number of fused-ring (bicyclic) bond motifs is 1. The number of benzene rings is 4. The van der Waals surface area contributed by atoms with Gasteiger partial charge in [0.2, 0.25) is 11.6 Å². The molecular formula is C29H20F2N2O4S. The van der Waals surface area contributed by atoms with Gasteiger partial charge < -0.3 is 10.6 Å². The fourth-order valence-electron chi connectivity index (χ4n) is 4.13. The van der Waals surface area contributed by atoms with Crippen molar-refractivity contribution < 1.29 is 26.8 Å². The highest BCUT2D eigenvalue weighted by atomic mass is 32.2. The maximum atomic E-state index is 13.9. The topological polar surface area (TPSA) is 92.3 Å². The van der Waals surface area contributed by atoms with Crippen molar-refractivity contribution >= 4 is 32.8 Å². The molecule has 190 valence electrons. The number of carbonyl (C=O) groups is 2. The number of sulfone groups is 1. The quantitative estimate of drug-likeness (QED) is 0.137. The first kappa shape index (κ1) is 25.0. The van der Waals surface area contributed by atoms with Gasteiger partial charge in [0, 0.05) is 17.2 Å². The molecule has 0 saturated heterocycles. The number of nitrogens with one attached hydrogen (secondary N) is 2. The second-order valence-corrected chi connectivity index (χ2v) is 10.6. The van der Waals surface area contributed by atoms with Crippen LogP contribution in [0.5, 0.6) is 0 Å². The van der Waals surface area contributed by atoms with Gasteiger partial charge >= 0.3 is 0 Å². The Morgan fingerprint density at radius 2 is 1.24 bits per heavy atom. The standard InChI is InChI=1S/C29H20F2N2O4S/c30-21-13-20(14-22(31)15-21)28(35)26(27(34)19-9-5-2-6-10-19)29-32-24-12-11-23(16-25(24)33-29)38(36,37)17-18-7-3-1-4-8-18/h1-16,32-33H,17H2/b29-26-. The molecule has 0 atom stereocenters. The molecule has 0 amide bonds. The minimum atomic E-state index is -3.70. The Hall–Kier alpha value is -4.63. The van der Waals surface area contributed by atoms with E-state index in [1.165, 1.54) is 30.3 Å². The van der Waals surface area contributed by atoms with Crippen molar-refractivity contribution in [3.8, 4) is 0 Å². The smallest absolute Gasteiger partial charge is 0.200 e. The van der Waals surface area contributed by atoms with Crippen LogP contribution in [0.15, 0.2) is 113 Å². The van der Waals surface area contributed by atoms with E-state index in [4.69, 9.17) is 0 Å². The van der Waals surface area contributed by atoms with Crippen LogP contribution in [0, 0.1) is 11.6 Å². The number of rotatable bonds is 7. The Labute approximate surface area is 217 Å². The average Bonchev–Trinajstić information content (AvgIpc) is 3.32. The van der Waals surface area contributed by atoms with Gasteiger partial charge in [-0.1, -0.05) is 60.7 Å². The molecule has 0 bridgehead atoms. The van der Waals surface area contributed by atoms with E-state index in [0.29, 0.717) is 23.0 Å². The van der Waals surface area contributed by atoms with Crippen LogP contribution in [0.1, 0.15) is 26.3 Å². The van der Waals surface area contributed by atoms with E-state index in [0.717, 1.165) is 12.1 Å². The molecule has 0 radical (unpaired) electrons. The second-order valence-electron chi connectivity index (χ2n) is 8.63. The fourth-order valence-corrected chi connectivity index (χ4v) is 5.50. The van der Waals surface area contributed by atoms with Crippen molar-refractivity contribution in [3.05, 3.63) is 137 Å². The van der Waals surface area contributed by atoms with E-state index in [-0.39, 0.29) is 33.2 Å². The van der Waals surface area contributed by atoms with Crippen LogP contribution in [0.25, 0.3) is 0 Å². The average molecular weight is 531 g/mol. The molecule has 4 aromatic carbocycles. The highest BCUT2D eigenvalue weighted by Crippen LogP contribution is 2.35. The van der Waals surface area contributed by atoms with Gasteiger partial charge in [0.25, 0.3) is 0 Å². The van der Waals surface area contributed by atoms with E-state index in [1.807, 2.05) is 0 Å². The summed E-state index contributed by atoms with van der Waals surface area (Å²) >= 11 is 0. The number of hydrogen-bond acceptors (Lipinski definition) is 6. The molecule has 0 fully saturated rings. The summed E-state index contributed by atoms with van der Waals surface area (Å²) in [6.07, 6.45) is 0. The predicted molar refractivity (Wildman–Crippen MR) is 140 cm³/mol. The Kier molecular flexibility index (Phi) is 6.61. The van der Waals surface area contributed by atoms with Gasteiger partial charge in [0.15, 0.2) is 9.84 Å². The van der Waals surface area contributed by atoms with E-state index < -0.39 is 33.0 Å². The second kappa shape index (κ2) is 10.0. The first-order valence-electron chi connectivity index (χ1n) is 11.5. The Balaban J connectivity index is 1.54. The van der Waals surface area contributed by atoms with Crippen LogP contribution >= 0.6 is 0 Å². The number of allylic oxidation sites excluding steroid dienone is 1. The van der Waals surface area contributed by atoms with Crippen LogP contribution in [-0.4, -0.2) is 20.0 Å². The van der Waals surface area contributed by atoms with Crippen molar-refractivity contribution in [3.63, 3.8) is 0 Å². The first-order chi connectivity index (χ1) is 18.2. The van der Waals surface area contributed by atoms with Crippen LogP contribution in [0.3, 0.4) is 0 Å².